The standard InChI is InChI=1S/C13H20ClN3OS/c1-17(2)6-8-18-7-5-16-12-4-3-10(13(15)19)9-11(12)14/h3-4,9,16H,5-8H2,1-2H3,(H2,15,19). The highest BCUT2D eigenvalue weighted by molar-refractivity contribution is 7.80. The van der Waals surface area contributed by atoms with E-state index in [0.717, 1.165) is 24.4 Å². The number of anilines is 1. The summed E-state index contributed by atoms with van der Waals surface area (Å²) in [6.45, 7) is 2.99. The fourth-order valence-electron chi connectivity index (χ4n) is 1.42. The zero-order chi connectivity index (χ0) is 14.3. The van der Waals surface area contributed by atoms with Gasteiger partial charge in [0.05, 0.1) is 23.9 Å². The lowest BCUT2D eigenvalue weighted by Gasteiger charge is -2.12. The molecule has 0 unspecified atom stereocenters. The molecule has 0 bridgehead atoms. The molecular weight excluding hydrogens is 282 g/mol. The molecule has 0 spiro atoms. The molecule has 1 aromatic rings. The number of nitrogens with one attached hydrogen (secondary N) is 1. The van der Waals surface area contributed by atoms with Crippen LogP contribution in [-0.4, -0.2) is 50.3 Å². The molecule has 4 nitrogen and oxygen atoms in total. The van der Waals surface area contributed by atoms with Gasteiger partial charge in [0.1, 0.15) is 4.99 Å². The fraction of sp³-hybridized carbons (Fsp3) is 0.462. The summed E-state index contributed by atoms with van der Waals surface area (Å²) in [4.78, 5) is 2.43. The Labute approximate surface area is 124 Å². The van der Waals surface area contributed by atoms with E-state index in [2.05, 4.69) is 10.2 Å². The maximum Gasteiger partial charge on any atom is 0.104 e. The minimum absolute atomic E-state index is 0.348. The number of ether oxygens (including phenoxy) is 1. The van der Waals surface area contributed by atoms with E-state index in [0.29, 0.717) is 23.2 Å². The van der Waals surface area contributed by atoms with Gasteiger partial charge in [-0.1, -0.05) is 23.8 Å². The number of rotatable bonds is 8. The van der Waals surface area contributed by atoms with E-state index in [4.69, 9.17) is 34.3 Å². The summed E-state index contributed by atoms with van der Waals surface area (Å²) in [5.74, 6) is 0. The van der Waals surface area contributed by atoms with E-state index >= 15 is 0 Å². The molecule has 0 aliphatic heterocycles. The SMILES string of the molecule is CN(C)CCOCCNc1ccc(C(N)=S)cc1Cl. The summed E-state index contributed by atoms with van der Waals surface area (Å²) >= 11 is 11.0. The van der Waals surface area contributed by atoms with Crippen molar-refractivity contribution in [3.63, 3.8) is 0 Å². The number of hydrogen-bond donors (Lipinski definition) is 2. The van der Waals surface area contributed by atoms with Gasteiger partial charge in [-0.15, -0.1) is 0 Å². The molecule has 1 aromatic carbocycles. The van der Waals surface area contributed by atoms with Crippen LogP contribution in [0.1, 0.15) is 5.56 Å². The van der Waals surface area contributed by atoms with Crippen LogP contribution in [0.2, 0.25) is 5.02 Å². The average molecular weight is 302 g/mol. The van der Waals surface area contributed by atoms with Gasteiger partial charge < -0.3 is 20.7 Å². The average Bonchev–Trinajstić information content (AvgIpc) is 2.34. The van der Waals surface area contributed by atoms with Crippen LogP contribution in [0.15, 0.2) is 18.2 Å². The molecule has 0 radical (unpaired) electrons. The number of nitrogens with zero attached hydrogens (tertiary/aromatic N) is 1. The predicted molar refractivity (Wildman–Crippen MR) is 85.2 cm³/mol. The van der Waals surface area contributed by atoms with Crippen molar-refractivity contribution in [2.75, 3.05) is 45.7 Å². The fourth-order valence-corrected chi connectivity index (χ4v) is 1.79. The summed E-state index contributed by atoms with van der Waals surface area (Å²) in [5, 5.41) is 3.82. The number of likely N-dealkylation sites (N-methyl/N-ethyl adjacent to an activating group) is 1. The maximum absolute atomic E-state index is 6.13. The Morgan fingerprint density at radius 3 is 2.74 bits per heavy atom. The van der Waals surface area contributed by atoms with E-state index in [1.807, 2.05) is 26.2 Å². The van der Waals surface area contributed by atoms with Crippen LogP contribution < -0.4 is 11.1 Å². The molecule has 6 heteroatoms. The largest absolute Gasteiger partial charge is 0.389 e. The minimum atomic E-state index is 0.348. The number of thiocarbonyl (C=S) groups is 1. The zero-order valence-electron chi connectivity index (χ0n) is 11.3. The number of hydrogen-bond acceptors (Lipinski definition) is 4. The monoisotopic (exact) mass is 301 g/mol. The molecule has 0 saturated heterocycles. The van der Waals surface area contributed by atoms with Crippen LogP contribution in [0.3, 0.4) is 0 Å². The molecule has 0 saturated carbocycles. The third-order valence-corrected chi connectivity index (χ3v) is 3.05. The van der Waals surface area contributed by atoms with Crippen molar-refractivity contribution in [2.45, 2.75) is 0 Å². The normalized spacial score (nSPS) is 10.7. The van der Waals surface area contributed by atoms with E-state index in [1.54, 1.807) is 6.07 Å². The van der Waals surface area contributed by atoms with Gasteiger partial charge >= 0.3 is 0 Å². The summed E-state index contributed by atoms with van der Waals surface area (Å²) < 4.78 is 5.48. The van der Waals surface area contributed by atoms with Crippen molar-refractivity contribution in [3.8, 4) is 0 Å². The van der Waals surface area contributed by atoms with E-state index < -0.39 is 0 Å². The zero-order valence-corrected chi connectivity index (χ0v) is 12.9. The third kappa shape index (κ3) is 6.20. The molecule has 0 heterocycles. The molecule has 0 atom stereocenters. The second-order valence-electron chi connectivity index (χ2n) is 4.40. The molecule has 0 aliphatic rings. The lowest BCUT2D eigenvalue weighted by molar-refractivity contribution is 0.126. The van der Waals surface area contributed by atoms with E-state index in [-0.39, 0.29) is 0 Å². The topological polar surface area (TPSA) is 50.5 Å². The van der Waals surface area contributed by atoms with E-state index in [1.165, 1.54) is 0 Å². The third-order valence-electron chi connectivity index (χ3n) is 2.50. The maximum atomic E-state index is 6.13. The lowest BCUT2D eigenvalue weighted by Crippen LogP contribution is -2.20. The van der Waals surface area contributed by atoms with Crippen molar-refractivity contribution in [3.05, 3.63) is 28.8 Å². The Hall–Kier alpha value is -0.880. The first-order valence-electron chi connectivity index (χ1n) is 6.06. The molecule has 0 amide bonds. The molecular formula is C13H20ClN3OS. The van der Waals surface area contributed by atoms with Crippen molar-refractivity contribution in [1.82, 2.24) is 4.90 Å². The second-order valence-corrected chi connectivity index (χ2v) is 5.25. The molecule has 0 aromatic heterocycles. The van der Waals surface area contributed by atoms with Gasteiger partial charge in [0.15, 0.2) is 0 Å². The van der Waals surface area contributed by atoms with Crippen LogP contribution in [0.5, 0.6) is 0 Å². The molecule has 0 fully saturated rings. The highest BCUT2D eigenvalue weighted by atomic mass is 35.5. The summed E-state index contributed by atoms with van der Waals surface area (Å²) in [6.07, 6.45) is 0. The van der Waals surface area contributed by atoms with Gasteiger partial charge in [-0.25, -0.2) is 0 Å². The van der Waals surface area contributed by atoms with Gasteiger partial charge in [-0.05, 0) is 32.3 Å². The Morgan fingerprint density at radius 1 is 1.42 bits per heavy atom. The first-order chi connectivity index (χ1) is 9.00. The first-order valence-corrected chi connectivity index (χ1v) is 6.85. The summed E-state index contributed by atoms with van der Waals surface area (Å²) in [6, 6.07) is 5.49. The lowest BCUT2D eigenvalue weighted by atomic mass is 10.2. The smallest absolute Gasteiger partial charge is 0.104 e. The quantitative estimate of drug-likeness (QED) is 0.568. The molecule has 106 valence electrons. The molecule has 3 N–H and O–H groups in total. The van der Waals surface area contributed by atoms with Crippen LogP contribution in [-0.2, 0) is 4.74 Å². The Bertz CT molecular complexity index is 426. The number of benzene rings is 1. The summed E-state index contributed by atoms with van der Waals surface area (Å²) in [5.41, 5.74) is 7.17. The van der Waals surface area contributed by atoms with Crippen LogP contribution in [0, 0.1) is 0 Å². The van der Waals surface area contributed by atoms with Crippen LogP contribution in [0.4, 0.5) is 5.69 Å². The Morgan fingerprint density at radius 2 is 2.16 bits per heavy atom. The predicted octanol–water partition coefficient (Wildman–Crippen LogP) is 1.96. The minimum Gasteiger partial charge on any atom is -0.389 e. The number of nitrogens with two attached hydrogens (primary N) is 1. The van der Waals surface area contributed by atoms with Gasteiger partial charge in [0.2, 0.25) is 0 Å². The highest BCUT2D eigenvalue weighted by Crippen LogP contribution is 2.22. The number of halogens is 1. The second kappa shape index (κ2) is 8.32. The van der Waals surface area contributed by atoms with Gasteiger partial charge in [0, 0.05) is 18.7 Å². The molecule has 19 heavy (non-hydrogen) atoms. The van der Waals surface area contributed by atoms with Crippen LogP contribution >= 0.6 is 23.8 Å². The highest BCUT2D eigenvalue weighted by Gasteiger charge is 2.03. The summed E-state index contributed by atoms with van der Waals surface area (Å²) in [7, 11) is 4.04. The van der Waals surface area contributed by atoms with Gasteiger partial charge in [0.25, 0.3) is 0 Å². The van der Waals surface area contributed by atoms with Crippen molar-refractivity contribution >= 4 is 34.5 Å². The van der Waals surface area contributed by atoms with Crippen molar-refractivity contribution < 1.29 is 4.74 Å². The van der Waals surface area contributed by atoms with Gasteiger partial charge in [-0.2, -0.15) is 0 Å². The Kier molecular flexibility index (Phi) is 7.09. The van der Waals surface area contributed by atoms with Gasteiger partial charge in [-0.3, -0.25) is 0 Å². The molecule has 1 rings (SSSR count). The Balaban J connectivity index is 2.32. The van der Waals surface area contributed by atoms with Crippen LogP contribution in [0.25, 0.3) is 0 Å². The van der Waals surface area contributed by atoms with Crippen molar-refractivity contribution in [2.24, 2.45) is 5.73 Å². The first kappa shape index (κ1) is 16.2. The molecule has 0 aliphatic carbocycles. The van der Waals surface area contributed by atoms with E-state index in [9.17, 15) is 0 Å². The van der Waals surface area contributed by atoms with Crippen molar-refractivity contribution in [1.29, 1.82) is 0 Å².